The highest BCUT2D eigenvalue weighted by Gasteiger charge is 2.33. The first-order chi connectivity index (χ1) is 13.6. The van der Waals surface area contributed by atoms with Crippen LogP contribution in [-0.2, 0) is 9.59 Å². The van der Waals surface area contributed by atoms with Gasteiger partial charge in [0.15, 0.2) is 0 Å². The number of nitrogens with zero attached hydrogens (tertiary/aromatic N) is 2. The molecule has 1 saturated carbocycles. The van der Waals surface area contributed by atoms with Crippen LogP contribution in [0.1, 0.15) is 43.7 Å². The highest BCUT2D eigenvalue weighted by Crippen LogP contribution is 2.29. The molecule has 0 radical (unpaired) electrons. The second kappa shape index (κ2) is 9.64. The summed E-state index contributed by atoms with van der Waals surface area (Å²) in [6, 6.07) is 8.05. The van der Waals surface area contributed by atoms with Crippen molar-refractivity contribution in [2.75, 3.05) is 10.8 Å². The molecule has 2 aromatic rings. The van der Waals surface area contributed by atoms with E-state index >= 15 is 0 Å². The van der Waals surface area contributed by atoms with E-state index in [-0.39, 0.29) is 17.8 Å². The molecule has 28 heavy (non-hydrogen) atoms. The first kappa shape index (κ1) is 20.3. The Kier molecular flexibility index (Phi) is 6.98. The SMILES string of the molecule is O=C(NC1CCCCC1)[C@H](c1cccnc1)N(C(=O)CCl)c1ccc(F)cc1. The van der Waals surface area contributed by atoms with Gasteiger partial charge in [-0.05, 0) is 43.2 Å². The highest BCUT2D eigenvalue weighted by molar-refractivity contribution is 6.29. The second-order valence-electron chi connectivity index (χ2n) is 6.91. The molecule has 1 heterocycles. The van der Waals surface area contributed by atoms with Gasteiger partial charge in [0.2, 0.25) is 11.8 Å². The third kappa shape index (κ3) is 4.87. The number of benzene rings is 1. The normalized spacial score (nSPS) is 15.6. The number of amides is 2. The van der Waals surface area contributed by atoms with Gasteiger partial charge in [0.1, 0.15) is 17.7 Å². The summed E-state index contributed by atoms with van der Waals surface area (Å²) in [5, 5.41) is 3.08. The number of nitrogens with one attached hydrogen (secondary N) is 1. The summed E-state index contributed by atoms with van der Waals surface area (Å²) >= 11 is 5.84. The van der Waals surface area contributed by atoms with Gasteiger partial charge < -0.3 is 5.32 Å². The Labute approximate surface area is 168 Å². The Morgan fingerprint density at radius 1 is 1.18 bits per heavy atom. The zero-order valence-corrected chi connectivity index (χ0v) is 16.2. The van der Waals surface area contributed by atoms with Crippen LogP contribution < -0.4 is 10.2 Å². The molecule has 5 nitrogen and oxygen atoms in total. The minimum absolute atomic E-state index is 0.0848. The number of hydrogen-bond donors (Lipinski definition) is 1. The molecule has 1 aromatic heterocycles. The van der Waals surface area contributed by atoms with Crippen molar-refractivity contribution in [1.29, 1.82) is 0 Å². The molecule has 0 saturated heterocycles. The van der Waals surface area contributed by atoms with Gasteiger partial charge in [-0.15, -0.1) is 11.6 Å². The minimum atomic E-state index is -0.938. The Balaban J connectivity index is 1.98. The van der Waals surface area contributed by atoms with Gasteiger partial charge in [-0.25, -0.2) is 4.39 Å². The average Bonchev–Trinajstić information content (AvgIpc) is 2.73. The van der Waals surface area contributed by atoms with Crippen molar-refractivity contribution in [1.82, 2.24) is 10.3 Å². The van der Waals surface area contributed by atoms with Crippen LogP contribution in [0.4, 0.5) is 10.1 Å². The van der Waals surface area contributed by atoms with E-state index in [4.69, 9.17) is 11.6 Å². The van der Waals surface area contributed by atoms with E-state index in [2.05, 4.69) is 10.3 Å². The van der Waals surface area contributed by atoms with Gasteiger partial charge >= 0.3 is 0 Å². The van der Waals surface area contributed by atoms with E-state index in [1.807, 2.05) is 0 Å². The third-order valence-corrected chi connectivity index (χ3v) is 5.17. The zero-order valence-electron chi connectivity index (χ0n) is 15.5. The van der Waals surface area contributed by atoms with Crippen molar-refractivity contribution in [3.05, 3.63) is 60.2 Å². The van der Waals surface area contributed by atoms with E-state index in [1.165, 1.54) is 35.6 Å². The lowest BCUT2D eigenvalue weighted by Crippen LogP contribution is -2.47. The molecular formula is C21H23ClFN3O2. The molecule has 0 aliphatic heterocycles. The van der Waals surface area contributed by atoms with Crippen LogP contribution in [0.2, 0.25) is 0 Å². The quantitative estimate of drug-likeness (QED) is 0.742. The molecule has 1 aromatic carbocycles. The maximum atomic E-state index is 13.4. The van der Waals surface area contributed by atoms with Gasteiger partial charge in [0.05, 0.1) is 0 Å². The molecule has 0 unspecified atom stereocenters. The topological polar surface area (TPSA) is 62.3 Å². The average molecular weight is 404 g/mol. The summed E-state index contributed by atoms with van der Waals surface area (Å²) in [5.74, 6) is -1.46. The number of anilines is 1. The van der Waals surface area contributed by atoms with Crippen LogP contribution in [-0.4, -0.2) is 28.7 Å². The van der Waals surface area contributed by atoms with E-state index in [0.29, 0.717) is 11.3 Å². The van der Waals surface area contributed by atoms with Gasteiger partial charge in [0, 0.05) is 29.7 Å². The Morgan fingerprint density at radius 3 is 2.50 bits per heavy atom. The lowest BCUT2D eigenvalue weighted by atomic mass is 9.94. The van der Waals surface area contributed by atoms with Gasteiger partial charge in [-0.2, -0.15) is 0 Å². The summed E-state index contributed by atoms with van der Waals surface area (Å²) in [6.45, 7) is 0. The largest absolute Gasteiger partial charge is 0.351 e. The van der Waals surface area contributed by atoms with Crippen LogP contribution in [0.3, 0.4) is 0 Å². The van der Waals surface area contributed by atoms with Crippen LogP contribution in [0.15, 0.2) is 48.8 Å². The Hall–Kier alpha value is -2.47. The molecule has 0 bridgehead atoms. The maximum Gasteiger partial charge on any atom is 0.248 e. The highest BCUT2D eigenvalue weighted by atomic mass is 35.5. The van der Waals surface area contributed by atoms with Crippen LogP contribution in [0.5, 0.6) is 0 Å². The number of hydrogen-bond acceptors (Lipinski definition) is 3. The van der Waals surface area contributed by atoms with E-state index in [1.54, 1.807) is 24.5 Å². The summed E-state index contributed by atoms with van der Waals surface area (Å²) in [4.78, 5) is 31.4. The minimum Gasteiger partial charge on any atom is -0.351 e. The third-order valence-electron chi connectivity index (χ3n) is 4.95. The van der Waals surface area contributed by atoms with Crippen molar-refractivity contribution in [3.63, 3.8) is 0 Å². The Bertz CT molecular complexity index is 795. The van der Waals surface area contributed by atoms with Gasteiger partial charge in [-0.1, -0.05) is 25.3 Å². The molecule has 3 rings (SSSR count). The number of carbonyl (C=O) groups is 2. The number of aromatic nitrogens is 1. The number of pyridine rings is 1. The van der Waals surface area contributed by atoms with Crippen LogP contribution in [0, 0.1) is 5.82 Å². The van der Waals surface area contributed by atoms with Crippen molar-refractivity contribution >= 4 is 29.1 Å². The van der Waals surface area contributed by atoms with Crippen molar-refractivity contribution in [3.8, 4) is 0 Å². The number of carbonyl (C=O) groups excluding carboxylic acids is 2. The summed E-state index contributed by atoms with van der Waals surface area (Å²) in [5.41, 5.74) is 0.971. The van der Waals surface area contributed by atoms with E-state index in [9.17, 15) is 14.0 Å². The number of alkyl halides is 1. The molecule has 7 heteroatoms. The van der Waals surface area contributed by atoms with E-state index in [0.717, 1.165) is 25.7 Å². The van der Waals surface area contributed by atoms with Crippen molar-refractivity contribution < 1.29 is 14.0 Å². The molecule has 0 spiro atoms. The summed E-state index contributed by atoms with van der Waals surface area (Å²) in [6.07, 6.45) is 8.33. The van der Waals surface area contributed by atoms with E-state index < -0.39 is 17.8 Å². The smallest absolute Gasteiger partial charge is 0.248 e. The fourth-order valence-corrected chi connectivity index (χ4v) is 3.71. The van der Waals surface area contributed by atoms with Gasteiger partial charge in [0.25, 0.3) is 0 Å². The first-order valence-corrected chi connectivity index (χ1v) is 9.97. The lowest BCUT2D eigenvalue weighted by molar-refractivity contribution is -0.126. The molecule has 148 valence electrons. The molecule has 1 atom stereocenters. The summed E-state index contributed by atoms with van der Waals surface area (Å²) in [7, 11) is 0. The first-order valence-electron chi connectivity index (χ1n) is 9.44. The molecule has 1 N–H and O–H groups in total. The fourth-order valence-electron chi connectivity index (χ4n) is 3.59. The van der Waals surface area contributed by atoms with Crippen molar-refractivity contribution in [2.45, 2.75) is 44.2 Å². The number of rotatable bonds is 6. The Morgan fingerprint density at radius 2 is 1.89 bits per heavy atom. The standard InChI is InChI=1S/C21H23ClFN3O2/c22-13-19(27)26(18-10-8-16(23)9-11-18)20(15-5-4-12-24-14-15)21(28)25-17-6-2-1-3-7-17/h4-5,8-12,14,17,20H,1-3,6-7,13H2,(H,25,28)/t20-/m0/s1. The van der Waals surface area contributed by atoms with Crippen LogP contribution >= 0.6 is 11.6 Å². The molecule has 1 aliphatic carbocycles. The maximum absolute atomic E-state index is 13.4. The number of halogens is 2. The molecule has 1 fully saturated rings. The molecule has 2 amide bonds. The second-order valence-corrected chi connectivity index (χ2v) is 7.17. The van der Waals surface area contributed by atoms with Crippen molar-refractivity contribution in [2.24, 2.45) is 0 Å². The molecular weight excluding hydrogens is 381 g/mol. The molecule has 1 aliphatic rings. The monoisotopic (exact) mass is 403 g/mol. The van der Waals surface area contributed by atoms with Crippen LogP contribution in [0.25, 0.3) is 0 Å². The zero-order chi connectivity index (χ0) is 19.9. The summed E-state index contributed by atoms with van der Waals surface area (Å²) < 4.78 is 13.4. The van der Waals surface area contributed by atoms with Gasteiger partial charge in [-0.3, -0.25) is 19.5 Å². The fraction of sp³-hybridized carbons (Fsp3) is 0.381. The predicted octanol–water partition coefficient (Wildman–Crippen LogP) is 3.98. The lowest BCUT2D eigenvalue weighted by Gasteiger charge is -2.33. The predicted molar refractivity (Wildman–Crippen MR) is 107 cm³/mol.